The van der Waals surface area contributed by atoms with Gasteiger partial charge in [-0.2, -0.15) is 13.2 Å². The first-order valence-electron chi connectivity index (χ1n) is 7.96. The molecule has 0 atom stereocenters. The number of ether oxygens (including phenoxy) is 1. The molecule has 1 aliphatic rings. The molecule has 4 nitrogen and oxygen atoms in total. The summed E-state index contributed by atoms with van der Waals surface area (Å²) in [5, 5.41) is 2.98. The number of para-hydroxylation sites is 1. The fourth-order valence-corrected chi connectivity index (χ4v) is 3.14. The summed E-state index contributed by atoms with van der Waals surface area (Å²) in [6.45, 7) is 2.17. The normalized spacial score (nSPS) is 15.0. The molecule has 0 saturated carbocycles. The molecule has 0 radical (unpaired) electrons. The van der Waals surface area contributed by atoms with Crippen molar-refractivity contribution < 1.29 is 22.7 Å². The van der Waals surface area contributed by atoms with Crippen molar-refractivity contribution in [3.05, 3.63) is 58.6 Å². The number of halogens is 4. The number of alkyl halides is 3. The Hall–Kier alpha value is -2.25. The Labute approximate surface area is 153 Å². The molecular weight excluding hydrogens is 369 g/mol. The molecule has 3 rings (SSSR count). The molecule has 0 aliphatic carbocycles. The Morgan fingerprint density at radius 1 is 1.08 bits per heavy atom. The summed E-state index contributed by atoms with van der Waals surface area (Å²) in [6, 6.07) is 9.60. The highest BCUT2D eigenvalue weighted by atomic mass is 35.5. The van der Waals surface area contributed by atoms with Crippen molar-refractivity contribution in [2.75, 3.05) is 36.5 Å². The van der Waals surface area contributed by atoms with Crippen molar-refractivity contribution in [3.63, 3.8) is 0 Å². The first-order chi connectivity index (χ1) is 12.4. The highest BCUT2D eigenvalue weighted by Crippen LogP contribution is 2.36. The molecule has 1 saturated heterocycles. The zero-order valence-electron chi connectivity index (χ0n) is 13.6. The van der Waals surface area contributed by atoms with Crippen molar-refractivity contribution in [2.24, 2.45) is 0 Å². The quantitative estimate of drug-likeness (QED) is 0.850. The van der Waals surface area contributed by atoms with Crippen molar-refractivity contribution in [3.8, 4) is 0 Å². The predicted molar refractivity (Wildman–Crippen MR) is 93.9 cm³/mol. The lowest BCUT2D eigenvalue weighted by Crippen LogP contribution is -2.37. The van der Waals surface area contributed by atoms with Gasteiger partial charge in [-0.1, -0.05) is 29.8 Å². The van der Waals surface area contributed by atoms with Gasteiger partial charge in [0, 0.05) is 13.1 Å². The summed E-state index contributed by atoms with van der Waals surface area (Å²) < 4.78 is 44.8. The number of hydrogen-bond donors (Lipinski definition) is 1. The van der Waals surface area contributed by atoms with Gasteiger partial charge >= 0.3 is 6.18 Å². The van der Waals surface area contributed by atoms with E-state index >= 15 is 0 Å². The molecular formula is C18H16ClF3N2O2. The van der Waals surface area contributed by atoms with Gasteiger partial charge in [-0.15, -0.1) is 0 Å². The standard InChI is InChI=1S/C18H16ClF3N2O2/c19-14-6-3-7-15(16(14)24-8-10-26-11-9-24)23-17(25)12-4-1-2-5-13(12)18(20,21)22/h1-7H,8-11H2,(H,23,25). The van der Waals surface area contributed by atoms with E-state index in [-0.39, 0.29) is 0 Å². The number of amides is 1. The molecule has 0 bridgehead atoms. The largest absolute Gasteiger partial charge is 0.417 e. The second-order valence-corrected chi connectivity index (χ2v) is 6.14. The number of rotatable bonds is 3. The minimum atomic E-state index is -4.62. The third-order valence-corrected chi connectivity index (χ3v) is 4.34. The van der Waals surface area contributed by atoms with Crippen molar-refractivity contribution >= 4 is 28.9 Å². The number of nitrogens with one attached hydrogen (secondary N) is 1. The van der Waals surface area contributed by atoms with Crippen LogP contribution in [0.25, 0.3) is 0 Å². The van der Waals surface area contributed by atoms with Crippen molar-refractivity contribution in [2.45, 2.75) is 6.18 Å². The monoisotopic (exact) mass is 384 g/mol. The average molecular weight is 385 g/mol. The van der Waals surface area contributed by atoms with Crippen LogP contribution < -0.4 is 10.2 Å². The molecule has 1 N–H and O–H groups in total. The highest BCUT2D eigenvalue weighted by molar-refractivity contribution is 6.34. The summed E-state index contributed by atoms with van der Waals surface area (Å²) >= 11 is 6.28. The Kier molecular flexibility index (Phi) is 5.38. The Morgan fingerprint density at radius 2 is 1.77 bits per heavy atom. The molecule has 1 fully saturated rings. The summed E-state index contributed by atoms with van der Waals surface area (Å²) in [4.78, 5) is 14.5. The highest BCUT2D eigenvalue weighted by Gasteiger charge is 2.35. The number of morpholine rings is 1. The molecule has 0 aromatic heterocycles. The predicted octanol–water partition coefficient (Wildman–Crippen LogP) is 4.45. The van der Waals surface area contributed by atoms with Crippen molar-refractivity contribution in [1.29, 1.82) is 0 Å². The van der Waals surface area contributed by atoms with Gasteiger partial charge in [-0.05, 0) is 24.3 Å². The lowest BCUT2D eigenvalue weighted by molar-refractivity contribution is -0.137. The van der Waals surface area contributed by atoms with Crippen LogP contribution >= 0.6 is 11.6 Å². The molecule has 138 valence electrons. The average Bonchev–Trinajstić information content (AvgIpc) is 2.62. The number of carbonyl (C=O) groups is 1. The van der Waals surface area contributed by atoms with E-state index in [9.17, 15) is 18.0 Å². The topological polar surface area (TPSA) is 41.6 Å². The van der Waals surface area contributed by atoms with E-state index in [0.29, 0.717) is 42.7 Å². The molecule has 1 aliphatic heterocycles. The summed E-state index contributed by atoms with van der Waals surface area (Å²) in [7, 11) is 0. The maximum Gasteiger partial charge on any atom is 0.417 e. The van der Waals surface area contributed by atoms with Crippen LogP contribution in [0.15, 0.2) is 42.5 Å². The number of carbonyl (C=O) groups excluding carboxylic acids is 1. The van der Waals surface area contributed by atoms with Gasteiger partial charge in [0.1, 0.15) is 0 Å². The Balaban J connectivity index is 1.93. The lowest BCUT2D eigenvalue weighted by Gasteiger charge is -2.31. The number of benzene rings is 2. The molecule has 0 spiro atoms. The maximum atomic E-state index is 13.2. The molecule has 1 heterocycles. The fourth-order valence-electron chi connectivity index (χ4n) is 2.84. The van der Waals surface area contributed by atoms with Crippen LogP contribution in [0.2, 0.25) is 5.02 Å². The van der Waals surface area contributed by atoms with Gasteiger partial charge in [-0.25, -0.2) is 0 Å². The van der Waals surface area contributed by atoms with E-state index in [1.54, 1.807) is 18.2 Å². The van der Waals surface area contributed by atoms with Crippen LogP contribution in [0.5, 0.6) is 0 Å². The van der Waals surface area contributed by atoms with Crippen LogP contribution in [0, 0.1) is 0 Å². The summed E-state index contributed by atoms with van der Waals surface area (Å²) in [5.74, 6) is -0.838. The second-order valence-electron chi connectivity index (χ2n) is 5.73. The summed E-state index contributed by atoms with van der Waals surface area (Å²) in [5.41, 5.74) is -0.475. The third kappa shape index (κ3) is 3.94. The lowest BCUT2D eigenvalue weighted by atomic mass is 10.1. The van der Waals surface area contributed by atoms with E-state index in [2.05, 4.69) is 5.32 Å². The van der Waals surface area contributed by atoms with E-state index < -0.39 is 23.2 Å². The molecule has 2 aromatic carbocycles. The van der Waals surface area contributed by atoms with E-state index in [1.165, 1.54) is 12.1 Å². The summed E-state index contributed by atoms with van der Waals surface area (Å²) in [6.07, 6.45) is -4.62. The van der Waals surface area contributed by atoms with Gasteiger partial charge < -0.3 is 15.0 Å². The fraction of sp³-hybridized carbons (Fsp3) is 0.278. The van der Waals surface area contributed by atoms with E-state index in [1.807, 2.05) is 4.90 Å². The number of hydrogen-bond acceptors (Lipinski definition) is 3. The first kappa shape index (κ1) is 18.5. The molecule has 0 unspecified atom stereocenters. The van der Waals surface area contributed by atoms with E-state index in [4.69, 9.17) is 16.3 Å². The van der Waals surface area contributed by atoms with Gasteiger partial charge in [-0.3, -0.25) is 4.79 Å². The first-order valence-corrected chi connectivity index (χ1v) is 8.34. The second kappa shape index (κ2) is 7.55. The molecule has 2 aromatic rings. The minimum absolute atomic E-state index is 0.362. The SMILES string of the molecule is O=C(Nc1cccc(Cl)c1N1CCOCC1)c1ccccc1C(F)(F)F. The maximum absolute atomic E-state index is 13.2. The van der Waals surface area contributed by atoms with E-state index in [0.717, 1.165) is 12.1 Å². The van der Waals surface area contributed by atoms with Gasteiger partial charge in [0.15, 0.2) is 0 Å². The molecule has 8 heteroatoms. The van der Waals surface area contributed by atoms with Crippen LogP contribution in [0.1, 0.15) is 15.9 Å². The number of nitrogens with zero attached hydrogens (tertiary/aromatic N) is 1. The van der Waals surface area contributed by atoms with Crippen LogP contribution in [0.3, 0.4) is 0 Å². The number of anilines is 2. The van der Waals surface area contributed by atoms with Gasteiger partial charge in [0.05, 0.1) is 40.7 Å². The Morgan fingerprint density at radius 3 is 2.46 bits per heavy atom. The van der Waals surface area contributed by atoms with Gasteiger partial charge in [0.25, 0.3) is 5.91 Å². The van der Waals surface area contributed by atoms with Gasteiger partial charge in [0.2, 0.25) is 0 Å². The van der Waals surface area contributed by atoms with Crippen molar-refractivity contribution in [1.82, 2.24) is 0 Å². The van der Waals surface area contributed by atoms with Crippen LogP contribution in [0.4, 0.5) is 24.5 Å². The smallest absolute Gasteiger partial charge is 0.378 e. The Bertz CT molecular complexity index is 805. The third-order valence-electron chi connectivity index (χ3n) is 4.04. The zero-order chi connectivity index (χ0) is 18.7. The molecule has 26 heavy (non-hydrogen) atoms. The zero-order valence-corrected chi connectivity index (χ0v) is 14.4. The molecule has 1 amide bonds. The minimum Gasteiger partial charge on any atom is -0.378 e. The van der Waals surface area contributed by atoms with Crippen LogP contribution in [-0.2, 0) is 10.9 Å². The van der Waals surface area contributed by atoms with Crippen LogP contribution in [-0.4, -0.2) is 32.2 Å².